The largest absolute Gasteiger partial charge is 0.380 e. The number of hydrogen-bond donors (Lipinski definition) is 1. The van der Waals surface area contributed by atoms with Crippen LogP contribution < -0.4 is 5.32 Å². The summed E-state index contributed by atoms with van der Waals surface area (Å²) in [6.07, 6.45) is 0. The average molecular weight is 256 g/mol. The van der Waals surface area contributed by atoms with Crippen molar-refractivity contribution in [3.63, 3.8) is 0 Å². The topological polar surface area (TPSA) is 12.0 Å². The molecule has 0 atom stereocenters. The minimum atomic E-state index is -1.50. The fraction of sp³-hybridized carbons (Fsp3) is 0.111. The zero-order valence-electron chi connectivity index (χ0n) is 7.33. The maximum Gasteiger partial charge on any atom is 0.194 e. The highest BCUT2D eigenvalue weighted by atomic mass is 35.5. The molecule has 0 aliphatic heterocycles. The van der Waals surface area contributed by atoms with E-state index in [0.29, 0.717) is 0 Å². The van der Waals surface area contributed by atoms with Gasteiger partial charge in [0.25, 0.3) is 0 Å². The number of halogens is 5. The minimum Gasteiger partial charge on any atom is -0.380 e. The second kappa shape index (κ2) is 5.28. The molecule has 0 heterocycles. The first-order chi connectivity index (χ1) is 7.04. The van der Waals surface area contributed by atoms with Gasteiger partial charge in [0.1, 0.15) is 0 Å². The molecule has 1 rings (SSSR count). The number of benzene rings is 1. The van der Waals surface area contributed by atoms with Gasteiger partial charge in [-0.15, -0.1) is 0 Å². The Bertz CT molecular complexity index is 370. The number of anilines is 1. The molecule has 0 saturated carbocycles. The van der Waals surface area contributed by atoms with Gasteiger partial charge in [-0.2, -0.15) is 0 Å². The molecule has 82 valence electrons. The molecular formula is C9H6Cl2F3N. The third-order valence-electron chi connectivity index (χ3n) is 1.56. The molecule has 0 bridgehead atoms. The molecule has 0 saturated heterocycles. The van der Waals surface area contributed by atoms with Crippen LogP contribution in [0.1, 0.15) is 0 Å². The molecule has 0 aromatic heterocycles. The molecule has 0 spiro atoms. The van der Waals surface area contributed by atoms with Gasteiger partial charge in [0.2, 0.25) is 0 Å². The zero-order chi connectivity index (χ0) is 11.4. The van der Waals surface area contributed by atoms with Crippen LogP contribution in [0.5, 0.6) is 0 Å². The summed E-state index contributed by atoms with van der Waals surface area (Å²) >= 11 is 10.8. The lowest BCUT2D eigenvalue weighted by atomic mass is 10.3. The van der Waals surface area contributed by atoms with Gasteiger partial charge in [0, 0.05) is 28.4 Å². The molecule has 0 aliphatic rings. The SMILES string of the molecule is Fc1cc(NCC(Cl)=CCl)cc(F)c1F. The van der Waals surface area contributed by atoms with E-state index in [1.807, 2.05) is 0 Å². The minimum absolute atomic E-state index is 0.0862. The molecule has 0 radical (unpaired) electrons. The van der Waals surface area contributed by atoms with Gasteiger partial charge in [-0.25, -0.2) is 13.2 Å². The Kier molecular flexibility index (Phi) is 4.29. The summed E-state index contributed by atoms with van der Waals surface area (Å²) in [4.78, 5) is 0. The van der Waals surface area contributed by atoms with Gasteiger partial charge in [-0.1, -0.05) is 23.2 Å². The summed E-state index contributed by atoms with van der Waals surface area (Å²) in [5.74, 6) is -4.02. The van der Waals surface area contributed by atoms with Crippen molar-refractivity contribution in [3.05, 3.63) is 40.2 Å². The van der Waals surface area contributed by atoms with E-state index in [2.05, 4.69) is 5.32 Å². The van der Waals surface area contributed by atoms with Crippen molar-refractivity contribution in [3.8, 4) is 0 Å². The van der Waals surface area contributed by atoms with E-state index >= 15 is 0 Å². The summed E-state index contributed by atoms with van der Waals surface area (Å²) in [5, 5.41) is 2.84. The summed E-state index contributed by atoms with van der Waals surface area (Å²) in [6, 6.07) is 1.66. The van der Waals surface area contributed by atoms with Crippen molar-refractivity contribution >= 4 is 28.9 Å². The lowest BCUT2D eigenvalue weighted by Gasteiger charge is -2.06. The molecule has 6 heteroatoms. The Labute approximate surface area is 94.5 Å². The van der Waals surface area contributed by atoms with Crippen LogP contribution >= 0.6 is 23.2 Å². The van der Waals surface area contributed by atoms with Gasteiger partial charge in [0.15, 0.2) is 17.5 Å². The fourth-order valence-electron chi connectivity index (χ4n) is 0.883. The molecule has 0 unspecified atom stereocenters. The molecule has 1 aromatic rings. The Balaban J connectivity index is 2.79. The quantitative estimate of drug-likeness (QED) is 0.810. The van der Waals surface area contributed by atoms with E-state index in [-0.39, 0.29) is 17.3 Å². The Morgan fingerprint density at radius 1 is 1.27 bits per heavy atom. The van der Waals surface area contributed by atoms with E-state index in [1.165, 1.54) is 0 Å². The number of hydrogen-bond acceptors (Lipinski definition) is 1. The average Bonchev–Trinajstić information content (AvgIpc) is 2.22. The molecule has 0 aliphatic carbocycles. The Hall–Kier alpha value is -0.870. The van der Waals surface area contributed by atoms with Gasteiger partial charge >= 0.3 is 0 Å². The number of rotatable bonds is 3. The van der Waals surface area contributed by atoms with Crippen molar-refractivity contribution in [2.45, 2.75) is 0 Å². The first-order valence-electron chi connectivity index (χ1n) is 3.87. The van der Waals surface area contributed by atoms with Crippen molar-refractivity contribution in [2.24, 2.45) is 0 Å². The molecule has 1 N–H and O–H groups in total. The molecule has 0 amide bonds. The Morgan fingerprint density at radius 3 is 2.27 bits per heavy atom. The standard InChI is InChI=1S/C9H6Cl2F3N/c10-3-5(11)4-15-6-1-7(12)9(14)8(13)2-6/h1-3,15H,4H2. The molecule has 15 heavy (non-hydrogen) atoms. The van der Waals surface area contributed by atoms with Crippen LogP contribution in [0.2, 0.25) is 0 Å². The first-order valence-corrected chi connectivity index (χ1v) is 4.69. The van der Waals surface area contributed by atoms with Gasteiger partial charge in [-0.3, -0.25) is 0 Å². The van der Waals surface area contributed by atoms with Crippen molar-refractivity contribution in [1.82, 2.24) is 0 Å². The van der Waals surface area contributed by atoms with Gasteiger partial charge in [0.05, 0.1) is 6.54 Å². The van der Waals surface area contributed by atoms with E-state index in [4.69, 9.17) is 23.2 Å². The van der Waals surface area contributed by atoms with Crippen LogP contribution in [0.4, 0.5) is 18.9 Å². The second-order valence-electron chi connectivity index (χ2n) is 2.66. The maximum atomic E-state index is 12.7. The predicted octanol–water partition coefficient (Wildman–Crippen LogP) is 3.83. The summed E-state index contributed by atoms with van der Waals surface area (Å²) in [5.41, 5.74) is 1.20. The van der Waals surface area contributed by atoms with E-state index in [9.17, 15) is 13.2 Å². The second-order valence-corrected chi connectivity index (χ2v) is 3.37. The summed E-state index contributed by atoms with van der Waals surface area (Å²) in [7, 11) is 0. The van der Waals surface area contributed by atoms with Crippen LogP contribution in [-0.2, 0) is 0 Å². The van der Waals surface area contributed by atoms with E-state index in [1.54, 1.807) is 0 Å². The lowest BCUT2D eigenvalue weighted by molar-refractivity contribution is 0.448. The highest BCUT2D eigenvalue weighted by molar-refractivity contribution is 6.36. The molecule has 1 nitrogen and oxygen atoms in total. The Morgan fingerprint density at radius 2 is 1.80 bits per heavy atom. The number of nitrogens with one attached hydrogen (secondary N) is 1. The lowest BCUT2D eigenvalue weighted by Crippen LogP contribution is -2.03. The van der Waals surface area contributed by atoms with Crippen LogP contribution in [0.15, 0.2) is 22.7 Å². The smallest absolute Gasteiger partial charge is 0.194 e. The van der Waals surface area contributed by atoms with Crippen molar-refractivity contribution in [1.29, 1.82) is 0 Å². The third-order valence-corrected chi connectivity index (χ3v) is 2.18. The van der Waals surface area contributed by atoms with E-state index < -0.39 is 17.5 Å². The highest BCUT2D eigenvalue weighted by Crippen LogP contribution is 2.17. The van der Waals surface area contributed by atoms with Crippen molar-refractivity contribution < 1.29 is 13.2 Å². The fourth-order valence-corrected chi connectivity index (χ4v) is 1.03. The highest BCUT2D eigenvalue weighted by Gasteiger charge is 2.10. The monoisotopic (exact) mass is 255 g/mol. The van der Waals surface area contributed by atoms with Crippen molar-refractivity contribution in [2.75, 3.05) is 11.9 Å². The molecule has 1 aromatic carbocycles. The van der Waals surface area contributed by atoms with Crippen LogP contribution in [0, 0.1) is 17.5 Å². The van der Waals surface area contributed by atoms with Crippen LogP contribution in [0.25, 0.3) is 0 Å². The molecular weight excluding hydrogens is 250 g/mol. The first kappa shape index (κ1) is 12.2. The van der Waals surface area contributed by atoms with E-state index in [0.717, 1.165) is 17.7 Å². The summed E-state index contributed by atoms with van der Waals surface area (Å²) < 4.78 is 38.0. The van der Waals surface area contributed by atoms with Gasteiger partial charge < -0.3 is 5.32 Å². The molecule has 0 fully saturated rings. The summed E-state index contributed by atoms with van der Waals surface area (Å²) in [6.45, 7) is 0.107. The zero-order valence-corrected chi connectivity index (χ0v) is 8.84. The maximum absolute atomic E-state index is 12.7. The van der Waals surface area contributed by atoms with Crippen LogP contribution in [-0.4, -0.2) is 6.54 Å². The normalized spacial score (nSPS) is 11.7. The third kappa shape index (κ3) is 3.32. The van der Waals surface area contributed by atoms with Gasteiger partial charge in [-0.05, 0) is 0 Å². The van der Waals surface area contributed by atoms with Crippen LogP contribution in [0.3, 0.4) is 0 Å². The predicted molar refractivity (Wildman–Crippen MR) is 54.6 cm³/mol.